The molecule has 15 heavy (non-hydrogen) atoms. The van der Waals surface area contributed by atoms with E-state index in [0.29, 0.717) is 12.8 Å². The third-order valence-corrected chi connectivity index (χ3v) is 2.96. The summed E-state index contributed by atoms with van der Waals surface area (Å²) in [7, 11) is 0. The second kappa shape index (κ2) is 4.95. The number of hydrogen-bond acceptors (Lipinski definition) is 2. The smallest absolute Gasteiger partial charge is 0.0840 e. The molecule has 0 saturated heterocycles. The monoisotopic (exact) mass is 203 g/mol. The minimum atomic E-state index is -0.907. The molecule has 0 saturated carbocycles. The summed E-state index contributed by atoms with van der Waals surface area (Å²) in [4.78, 5) is 0. The van der Waals surface area contributed by atoms with E-state index in [9.17, 15) is 5.11 Å². The highest BCUT2D eigenvalue weighted by molar-refractivity contribution is 5.18. The molecule has 2 heteroatoms. The zero-order valence-corrected chi connectivity index (χ0v) is 9.27. The van der Waals surface area contributed by atoms with Gasteiger partial charge in [-0.15, -0.1) is 0 Å². The number of rotatable bonds is 4. The molecule has 0 aliphatic rings. The van der Waals surface area contributed by atoms with Gasteiger partial charge in [0.2, 0.25) is 0 Å². The molecule has 1 rings (SSSR count). The van der Waals surface area contributed by atoms with Crippen molar-refractivity contribution < 1.29 is 5.11 Å². The van der Waals surface area contributed by atoms with Gasteiger partial charge in [0.25, 0.3) is 0 Å². The molecule has 2 unspecified atom stereocenters. The molecule has 0 bridgehead atoms. The Kier molecular flexibility index (Phi) is 3.88. The van der Waals surface area contributed by atoms with E-state index < -0.39 is 5.60 Å². The molecular formula is C13H17NO. The van der Waals surface area contributed by atoms with E-state index in [1.165, 1.54) is 0 Å². The molecule has 80 valence electrons. The minimum Gasteiger partial charge on any atom is -0.388 e. The van der Waals surface area contributed by atoms with Crippen LogP contribution in [0.15, 0.2) is 30.3 Å². The SMILES string of the molecule is CCC(O)(Cc1ccccc1)C(C)C#N. The lowest BCUT2D eigenvalue weighted by Gasteiger charge is -2.29. The van der Waals surface area contributed by atoms with Crippen molar-refractivity contribution >= 4 is 0 Å². The highest BCUT2D eigenvalue weighted by Crippen LogP contribution is 2.25. The molecular weight excluding hydrogens is 186 g/mol. The second-order valence-electron chi connectivity index (χ2n) is 3.97. The summed E-state index contributed by atoms with van der Waals surface area (Å²) in [5, 5.41) is 19.2. The Hall–Kier alpha value is -1.33. The van der Waals surface area contributed by atoms with E-state index in [1.807, 2.05) is 37.3 Å². The highest BCUT2D eigenvalue weighted by Gasteiger charge is 2.31. The number of benzene rings is 1. The van der Waals surface area contributed by atoms with Gasteiger partial charge in [0.1, 0.15) is 0 Å². The highest BCUT2D eigenvalue weighted by atomic mass is 16.3. The fourth-order valence-corrected chi connectivity index (χ4v) is 1.65. The Bertz CT molecular complexity index is 341. The summed E-state index contributed by atoms with van der Waals surface area (Å²) in [5.41, 5.74) is 0.166. The third kappa shape index (κ3) is 2.81. The molecule has 0 amide bonds. The lowest BCUT2D eigenvalue weighted by atomic mass is 9.82. The normalized spacial score (nSPS) is 16.4. The first-order valence-electron chi connectivity index (χ1n) is 5.28. The fourth-order valence-electron chi connectivity index (χ4n) is 1.65. The predicted molar refractivity (Wildman–Crippen MR) is 60.2 cm³/mol. The van der Waals surface area contributed by atoms with Crippen molar-refractivity contribution in [2.75, 3.05) is 0 Å². The molecule has 0 fully saturated rings. The number of nitrogens with zero attached hydrogens (tertiary/aromatic N) is 1. The van der Waals surface area contributed by atoms with Crippen molar-refractivity contribution in [1.82, 2.24) is 0 Å². The van der Waals surface area contributed by atoms with Crippen LogP contribution >= 0.6 is 0 Å². The van der Waals surface area contributed by atoms with Gasteiger partial charge in [-0.05, 0) is 18.9 Å². The number of nitriles is 1. The van der Waals surface area contributed by atoms with Crippen molar-refractivity contribution in [2.45, 2.75) is 32.3 Å². The van der Waals surface area contributed by atoms with E-state index in [2.05, 4.69) is 6.07 Å². The lowest BCUT2D eigenvalue weighted by Crippen LogP contribution is -2.37. The molecule has 2 atom stereocenters. The summed E-state index contributed by atoms with van der Waals surface area (Å²) >= 11 is 0. The van der Waals surface area contributed by atoms with Gasteiger partial charge < -0.3 is 5.11 Å². The van der Waals surface area contributed by atoms with Gasteiger partial charge in [-0.2, -0.15) is 5.26 Å². The van der Waals surface area contributed by atoms with Crippen LogP contribution in [0.25, 0.3) is 0 Å². The van der Waals surface area contributed by atoms with Crippen LogP contribution in [0.2, 0.25) is 0 Å². The van der Waals surface area contributed by atoms with E-state index >= 15 is 0 Å². The average Bonchev–Trinajstić information content (AvgIpc) is 2.29. The Balaban J connectivity index is 2.82. The second-order valence-corrected chi connectivity index (χ2v) is 3.97. The molecule has 1 aromatic rings. The van der Waals surface area contributed by atoms with Crippen LogP contribution < -0.4 is 0 Å². The molecule has 0 aliphatic heterocycles. The summed E-state index contributed by atoms with van der Waals surface area (Å²) in [5.74, 6) is -0.345. The largest absolute Gasteiger partial charge is 0.388 e. The Morgan fingerprint density at radius 2 is 2.00 bits per heavy atom. The first-order valence-corrected chi connectivity index (χ1v) is 5.28. The number of hydrogen-bond donors (Lipinski definition) is 1. The average molecular weight is 203 g/mol. The Morgan fingerprint density at radius 3 is 2.47 bits per heavy atom. The van der Waals surface area contributed by atoms with Crippen LogP contribution in [0.3, 0.4) is 0 Å². The molecule has 1 N–H and O–H groups in total. The Morgan fingerprint density at radius 1 is 1.40 bits per heavy atom. The topological polar surface area (TPSA) is 44.0 Å². The van der Waals surface area contributed by atoms with E-state index in [1.54, 1.807) is 6.92 Å². The summed E-state index contributed by atoms with van der Waals surface area (Å²) in [6.45, 7) is 3.68. The summed E-state index contributed by atoms with van der Waals surface area (Å²) < 4.78 is 0. The van der Waals surface area contributed by atoms with Gasteiger partial charge in [-0.1, -0.05) is 37.3 Å². The van der Waals surface area contributed by atoms with Gasteiger partial charge in [-0.25, -0.2) is 0 Å². The van der Waals surface area contributed by atoms with Gasteiger partial charge in [0.05, 0.1) is 17.6 Å². The van der Waals surface area contributed by atoms with Crippen LogP contribution in [0.5, 0.6) is 0 Å². The standard InChI is InChI=1S/C13H17NO/c1-3-13(15,11(2)10-14)9-12-7-5-4-6-8-12/h4-8,11,15H,3,9H2,1-2H3. The van der Waals surface area contributed by atoms with Crippen molar-refractivity contribution in [3.8, 4) is 6.07 Å². The third-order valence-electron chi connectivity index (χ3n) is 2.96. The van der Waals surface area contributed by atoms with Crippen molar-refractivity contribution in [1.29, 1.82) is 5.26 Å². The minimum absolute atomic E-state index is 0.345. The van der Waals surface area contributed by atoms with Crippen LogP contribution in [0.1, 0.15) is 25.8 Å². The van der Waals surface area contributed by atoms with Crippen molar-refractivity contribution in [3.05, 3.63) is 35.9 Å². The van der Waals surface area contributed by atoms with E-state index in [-0.39, 0.29) is 5.92 Å². The maximum absolute atomic E-state index is 10.3. The zero-order chi connectivity index (χ0) is 11.3. The predicted octanol–water partition coefficient (Wildman–Crippen LogP) is 2.53. The van der Waals surface area contributed by atoms with E-state index in [4.69, 9.17) is 5.26 Å². The van der Waals surface area contributed by atoms with Crippen molar-refractivity contribution in [3.63, 3.8) is 0 Å². The molecule has 0 radical (unpaired) electrons. The number of aliphatic hydroxyl groups is 1. The van der Waals surface area contributed by atoms with Crippen LogP contribution in [0, 0.1) is 17.2 Å². The van der Waals surface area contributed by atoms with Gasteiger partial charge in [-0.3, -0.25) is 0 Å². The summed E-state index contributed by atoms with van der Waals surface area (Å²) in [6, 6.07) is 11.9. The fraction of sp³-hybridized carbons (Fsp3) is 0.462. The van der Waals surface area contributed by atoms with Crippen LogP contribution in [-0.2, 0) is 6.42 Å². The lowest BCUT2D eigenvalue weighted by molar-refractivity contribution is 0.00483. The molecule has 0 heterocycles. The molecule has 0 aromatic heterocycles. The first kappa shape index (κ1) is 11.7. The van der Waals surface area contributed by atoms with Gasteiger partial charge >= 0.3 is 0 Å². The first-order chi connectivity index (χ1) is 7.12. The van der Waals surface area contributed by atoms with E-state index in [0.717, 1.165) is 5.56 Å². The molecule has 0 spiro atoms. The maximum atomic E-state index is 10.3. The Labute approximate surface area is 91.2 Å². The van der Waals surface area contributed by atoms with Crippen LogP contribution in [-0.4, -0.2) is 10.7 Å². The maximum Gasteiger partial charge on any atom is 0.0840 e. The van der Waals surface area contributed by atoms with Gasteiger partial charge in [0, 0.05) is 6.42 Å². The summed E-state index contributed by atoms with van der Waals surface area (Å²) in [6.07, 6.45) is 1.13. The molecule has 0 aliphatic carbocycles. The van der Waals surface area contributed by atoms with Crippen molar-refractivity contribution in [2.24, 2.45) is 5.92 Å². The van der Waals surface area contributed by atoms with Crippen LogP contribution in [0.4, 0.5) is 0 Å². The quantitative estimate of drug-likeness (QED) is 0.817. The van der Waals surface area contributed by atoms with Gasteiger partial charge in [0.15, 0.2) is 0 Å². The zero-order valence-electron chi connectivity index (χ0n) is 9.27. The molecule has 1 aromatic carbocycles. The molecule has 2 nitrogen and oxygen atoms in total.